The Morgan fingerprint density at radius 2 is 1.58 bits per heavy atom. The van der Waals surface area contributed by atoms with Crippen LogP contribution in [0.2, 0.25) is 0 Å². The van der Waals surface area contributed by atoms with Gasteiger partial charge in [-0.15, -0.1) is 0 Å². The molecule has 126 valence electrons. The summed E-state index contributed by atoms with van der Waals surface area (Å²) in [6, 6.07) is 16.6. The molecule has 0 unspecified atom stereocenters. The van der Waals surface area contributed by atoms with E-state index in [1.807, 2.05) is 42.5 Å². The molecule has 24 heavy (non-hydrogen) atoms. The predicted octanol–water partition coefficient (Wildman–Crippen LogP) is 2.67. The third-order valence-electron chi connectivity index (χ3n) is 3.80. The molecule has 0 bridgehead atoms. The summed E-state index contributed by atoms with van der Waals surface area (Å²) in [5.74, 6) is -1.12. The molecule has 5 nitrogen and oxygen atoms in total. The van der Waals surface area contributed by atoms with Crippen LogP contribution in [-0.2, 0) is 4.79 Å². The van der Waals surface area contributed by atoms with Crippen LogP contribution in [0.5, 0.6) is 0 Å². The van der Waals surface area contributed by atoms with Crippen molar-refractivity contribution in [2.45, 2.75) is 25.3 Å². The minimum Gasteiger partial charge on any atom is -0.480 e. The van der Waals surface area contributed by atoms with Crippen LogP contribution in [0.15, 0.2) is 54.6 Å². The minimum absolute atomic E-state index is 0.128. The van der Waals surface area contributed by atoms with E-state index in [0.29, 0.717) is 31.4 Å². The Bertz CT molecular complexity index is 669. The lowest BCUT2D eigenvalue weighted by atomic mass is 10.0. The lowest BCUT2D eigenvalue weighted by Gasteiger charge is -2.08. The number of carboxylic acids is 1. The van der Waals surface area contributed by atoms with Gasteiger partial charge in [0, 0.05) is 12.1 Å². The van der Waals surface area contributed by atoms with Crippen LogP contribution >= 0.6 is 0 Å². The van der Waals surface area contributed by atoms with E-state index in [2.05, 4.69) is 5.32 Å². The average Bonchev–Trinajstić information content (AvgIpc) is 2.62. The Morgan fingerprint density at radius 3 is 2.21 bits per heavy atom. The summed E-state index contributed by atoms with van der Waals surface area (Å²) in [7, 11) is 0. The van der Waals surface area contributed by atoms with Crippen LogP contribution in [0.4, 0.5) is 0 Å². The van der Waals surface area contributed by atoms with Crippen LogP contribution in [0, 0.1) is 0 Å². The van der Waals surface area contributed by atoms with E-state index in [9.17, 15) is 9.59 Å². The summed E-state index contributed by atoms with van der Waals surface area (Å²) in [6.45, 7) is 0.506. The number of unbranched alkanes of at least 4 members (excludes halogenated alkanes) is 1. The number of nitrogens with two attached hydrogens (primary N) is 1. The fourth-order valence-corrected chi connectivity index (χ4v) is 2.36. The van der Waals surface area contributed by atoms with Gasteiger partial charge in [0.15, 0.2) is 0 Å². The van der Waals surface area contributed by atoms with Crippen LogP contribution in [0.3, 0.4) is 0 Å². The highest BCUT2D eigenvalue weighted by atomic mass is 16.4. The molecule has 1 amide bonds. The molecule has 1 atom stereocenters. The molecule has 5 heteroatoms. The Morgan fingerprint density at radius 1 is 0.958 bits per heavy atom. The van der Waals surface area contributed by atoms with Gasteiger partial charge in [-0.05, 0) is 42.5 Å². The monoisotopic (exact) mass is 326 g/mol. The first-order valence-corrected chi connectivity index (χ1v) is 8.00. The zero-order valence-corrected chi connectivity index (χ0v) is 13.4. The Hall–Kier alpha value is -2.66. The lowest BCUT2D eigenvalue weighted by Crippen LogP contribution is -2.30. The second-order valence-corrected chi connectivity index (χ2v) is 5.64. The first kappa shape index (κ1) is 17.7. The summed E-state index contributed by atoms with van der Waals surface area (Å²) in [5, 5.41) is 11.5. The summed E-state index contributed by atoms with van der Waals surface area (Å²) < 4.78 is 0. The smallest absolute Gasteiger partial charge is 0.320 e. The van der Waals surface area contributed by atoms with Crippen LogP contribution < -0.4 is 11.1 Å². The van der Waals surface area contributed by atoms with Gasteiger partial charge < -0.3 is 16.2 Å². The van der Waals surface area contributed by atoms with Gasteiger partial charge >= 0.3 is 5.97 Å². The van der Waals surface area contributed by atoms with Gasteiger partial charge in [0.25, 0.3) is 5.91 Å². The van der Waals surface area contributed by atoms with Gasteiger partial charge in [-0.2, -0.15) is 0 Å². The third-order valence-corrected chi connectivity index (χ3v) is 3.80. The number of carboxylic acid groups (broad SMARTS) is 1. The molecule has 0 fully saturated rings. The molecule has 0 heterocycles. The standard InChI is InChI=1S/C19H22N2O3/c20-17(19(23)24)8-4-5-13-21-18(22)16-11-9-15(10-12-16)14-6-2-1-3-7-14/h1-3,6-7,9-12,17H,4-5,8,13,20H2,(H,21,22)(H,23,24)/t17-/m0/s1. The number of rotatable bonds is 8. The molecule has 4 N–H and O–H groups in total. The SMILES string of the molecule is N[C@@H](CCCCNC(=O)c1ccc(-c2ccccc2)cc1)C(=O)O. The molecule has 0 aromatic heterocycles. The molecule has 0 aliphatic heterocycles. The van der Waals surface area contributed by atoms with Crippen molar-refractivity contribution < 1.29 is 14.7 Å². The summed E-state index contributed by atoms with van der Waals surface area (Å²) >= 11 is 0. The van der Waals surface area contributed by atoms with Gasteiger partial charge in [-0.3, -0.25) is 9.59 Å². The van der Waals surface area contributed by atoms with E-state index in [-0.39, 0.29) is 5.91 Å². The summed E-state index contributed by atoms with van der Waals surface area (Å²) in [5.41, 5.74) is 8.21. The molecule has 2 aromatic rings. The first-order valence-electron chi connectivity index (χ1n) is 8.00. The molecule has 2 aromatic carbocycles. The number of hydrogen-bond donors (Lipinski definition) is 3. The number of nitrogens with one attached hydrogen (secondary N) is 1. The fraction of sp³-hybridized carbons (Fsp3) is 0.263. The minimum atomic E-state index is -0.988. The predicted molar refractivity (Wildman–Crippen MR) is 93.7 cm³/mol. The van der Waals surface area contributed by atoms with Gasteiger partial charge in [0.05, 0.1) is 0 Å². The van der Waals surface area contributed by atoms with Gasteiger partial charge in [-0.25, -0.2) is 0 Å². The zero-order valence-electron chi connectivity index (χ0n) is 13.4. The number of aliphatic carboxylic acids is 1. The highest BCUT2D eigenvalue weighted by molar-refractivity contribution is 5.94. The first-order chi connectivity index (χ1) is 11.6. The molecule has 0 aliphatic carbocycles. The van der Waals surface area contributed by atoms with E-state index in [1.165, 1.54) is 0 Å². The average molecular weight is 326 g/mol. The van der Waals surface area contributed by atoms with E-state index >= 15 is 0 Å². The van der Waals surface area contributed by atoms with Crippen molar-refractivity contribution >= 4 is 11.9 Å². The van der Waals surface area contributed by atoms with Gasteiger partial charge in [0.1, 0.15) is 6.04 Å². The van der Waals surface area contributed by atoms with E-state index < -0.39 is 12.0 Å². The van der Waals surface area contributed by atoms with Crippen molar-refractivity contribution in [2.24, 2.45) is 5.73 Å². The van der Waals surface area contributed by atoms with E-state index in [0.717, 1.165) is 11.1 Å². The molecule has 2 rings (SSSR count). The molecular weight excluding hydrogens is 304 g/mol. The second kappa shape index (κ2) is 8.84. The van der Waals surface area contributed by atoms with Crippen molar-refractivity contribution in [1.82, 2.24) is 5.32 Å². The van der Waals surface area contributed by atoms with Crippen LogP contribution in [-0.4, -0.2) is 29.6 Å². The van der Waals surface area contributed by atoms with Gasteiger partial charge in [0.2, 0.25) is 0 Å². The van der Waals surface area contributed by atoms with E-state index in [1.54, 1.807) is 12.1 Å². The zero-order chi connectivity index (χ0) is 17.4. The fourth-order valence-electron chi connectivity index (χ4n) is 2.36. The van der Waals surface area contributed by atoms with Gasteiger partial charge in [-0.1, -0.05) is 42.5 Å². The molecule has 0 saturated heterocycles. The third kappa shape index (κ3) is 5.21. The molecule has 0 spiro atoms. The highest BCUT2D eigenvalue weighted by Gasteiger charge is 2.10. The van der Waals surface area contributed by atoms with E-state index in [4.69, 9.17) is 10.8 Å². The quantitative estimate of drug-likeness (QED) is 0.650. The molecule has 0 aliphatic rings. The maximum Gasteiger partial charge on any atom is 0.320 e. The molecule has 0 radical (unpaired) electrons. The van der Waals surface area contributed by atoms with Crippen LogP contribution in [0.1, 0.15) is 29.6 Å². The van der Waals surface area contributed by atoms with Crippen molar-refractivity contribution in [3.8, 4) is 11.1 Å². The number of amides is 1. The van der Waals surface area contributed by atoms with Crippen LogP contribution in [0.25, 0.3) is 11.1 Å². The Labute approximate surface area is 141 Å². The Balaban J connectivity index is 1.78. The molecular formula is C19H22N2O3. The largest absolute Gasteiger partial charge is 0.480 e. The van der Waals surface area contributed by atoms with Crippen molar-refractivity contribution in [3.63, 3.8) is 0 Å². The topological polar surface area (TPSA) is 92.4 Å². The summed E-state index contributed by atoms with van der Waals surface area (Å²) in [6.07, 6.45) is 1.78. The Kier molecular flexibility index (Phi) is 6.51. The molecule has 0 saturated carbocycles. The number of benzene rings is 2. The number of hydrogen-bond acceptors (Lipinski definition) is 3. The van der Waals surface area contributed by atoms with Crippen molar-refractivity contribution in [1.29, 1.82) is 0 Å². The lowest BCUT2D eigenvalue weighted by molar-refractivity contribution is -0.138. The number of carbonyl (C=O) groups excluding carboxylic acids is 1. The number of carbonyl (C=O) groups is 2. The van der Waals surface area contributed by atoms with Crippen molar-refractivity contribution in [3.05, 3.63) is 60.2 Å². The highest BCUT2D eigenvalue weighted by Crippen LogP contribution is 2.19. The maximum absolute atomic E-state index is 12.1. The van der Waals surface area contributed by atoms with Crippen molar-refractivity contribution in [2.75, 3.05) is 6.54 Å². The summed E-state index contributed by atoms with van der Waals surface area (Å²) in [4.78, 5) is 22.7. The second-order valence-electron chi connectivity index (χ2n) is 5.64. The maximum atomic E-state index is 12.1. The normalized spacial score (nSPS) is 11.7.